The van der Waals surface area contributed by atoms with E-state index < -0.39 is 0 Å². The normalized spacial score (nSPS) is 13.6. The average Bonchev–Trinajstić information content (AvgIpc) is 2.16. The van der Waals surface area contributed by atoms with Crippen molar-refractivity contribution in [3.8, 4) is 0 Å². The highest BCUT2D eigenvalue weighted by Crippen LogP contribution is 2.30. The summed E-state index contributed by atoms with van der Waals surface area (Å²) in [4.78, 5) is 2.48. The van der Waals surface area contributed by atoms with E-state index in [4.69, 9.17) is 0 Å². The summed E-state index contributed by atoms with van der Waals surface area (Å²) in [5, 5.41) is 0. The molecule has 1 aromatic rings. The summed E-state index contributed by atoms with van der Waals surface area (Å²) < 4.78 is 0. The zero-order valence-electron chi connectivity index (χ0n) is 10.2. The Morgan fingerprint density at radius 1 is 1.20 bits per heavy atom. The first-order valence-corrected chi connectivity index (χ1v) is 6.26. The Bertz CT molecular complexity index is 331. The van der Waals surface area contributed by atoms with Crippen LogP contribution < -0.4 is 0 Å². The van der Waals surface area contributed by atoms with Crippen LogP contribution in [0.4, 0.5) is 0 Å². The van der Waals surface area contributed by atoms with Gasteiger partial charge >= 0.3 is 0 Å². The van der Waals surface area contributed by atoms with Gasteiger partial charge in [0.05, 0.1) is 4.95 Å². The number of halogens is 1. The van der Waals surface area contributed by atoms with Gasteiger partial charge in [0, 0.05) is 0 Å². The number of rotatable bonds is 3. The molecule has 0 heterocycles. The minimum absolute atomic E-state index is 0.302. The molecule has 0 aliphatic carbocycles. The molecule has 0 aromatic heterocycles. The molecule has 0 saturated heterocycles. The van der Waals surface area contributed by atoms with Crippen molar-refractivity contribution in [1.82, 2.24) is 4.90 Å². The summed E-state index contributed by atoms with van der Waals surface area (Å²) in [5.41, 5.74) is 4.11. The predicted octanol–water partition coefficient (Wildman–Crippen LogP) is 4.07. The second-order valence-electron chi connectivity index (χ2n) is 4.57. The van der Waals surface area contributed by atoms with Crippen molar-refractivity contribution in [3.05, 3.63) is 34.9 Å². The fourth-order valence-electron chi connectivity index (χ4n) is 1.55. The van der Waals surface area contributed by atoms with Gasteiger partial charge in [0.1, 0.15) is 0 Å². The Kier molecular flexibility index (Phi) is 4.35. The van der Waals surface area contributed by atoms with Gasteiger partial charge < -0.3 is 0 Å². The highest BCUT2D eigenvalue weighted by molar-refractivity contribution is 9.09. The molecule has 0 saturated carbocycles. The van der Waals surface area contributed by atoms with Gasteiger partial charge in [-0.2, -0.15) is 0 Å². The molecule has 15 heavy (non-hydrogen) atoms. The molecule has 1 unspecified atom stereocenters. The molecule has 0 spiro atoms. The minimum atomic E-state index is 0.302. The lowest BCUT2D eigenvalue weighted by atomic mass is 9.97. The number of aryl methyl sites for hydroxylation is 1. The summed E-state index contributed by atoms with van der Waals surface area (Å²) in [6, 6.07) is 6.74. The molecule has 0 bridgehead atoms. The highest BCUT2D eigenvalue weighted by Gasteiger charge is 2.13. The SMILES string of the molecule is Cc1ccc(C(C)C)cc1C(Br)N(C)C. The van der Waals surface area contributed by atoms with Gasteiger partial charge in [0.25, 0.3) is 0 Å². The molecule has 0 N–H and O–H groups in total. The van der Waals surface area contributed by atoms with E-state index >= 15 is 0 Å². The van der Waals surface area contributed by atoms with E-state index in [0.29, 0.717) is 10.9 Å². The van der Waals surface area contributed by atoms with Gasteiger partial charge in [0.2, 0.25) is 0 Å². The van der Waals surface area contributed by atoms with E-state index in [-0.39, 0.29) is 0 Å². The predicted molar refractivity (Wildman–Crippen MR) is 70.6 cm³/mol. The van der Waals surface area contributed by atoms with Gasteiger partial charge in [-0.1, -0.05) is 48.0 Å². The molecule has 1 atom stereocenters. The zero-order valence-corrected chi connectivity index (χ0v) is 11.8. The molecule has 0 radical (unpaired) electrons. The number of hydrogen-bond acceptors (Lipinski definition) is 1. The van der Waals surface area contributed by atoms with Gasteiger partial charge in [0.15, 0.2) is 0 Å². The third-order valence-electron chi connectivity index (χ3n) is 2.68. The maximum absolute atomic E-state index is 3.71. The third kappa shape index (κ3) is 3.05. The molecule has 84 valence electrons. The average molecular weight is 270 g/mol. The molecule has 0 fully saturated rings. The quantitative estimate of drug-likeness (QED) is 0.591. The van der Waals surface area contributed by atoms with Crippen molar-refractivity contribution in [2.24, 2.45) is 0 Å². The first kappa shape index (κ1) is 12.7. The number of benzene rings is 1. The first-order chi connectivity index (χ1) is 6.93. The van der Waals surface area contributed by atoms with Crippen molar-refractivity contribution in [3.63, 3.8) is 0 Å². The Hall–Kier alpha value is -0.340. The smallest absolute Gasteiger partial charge is 0.0909 e. The van der Waals surface area contributed by atoms with Crippen LogP contribution in [0.5, 0.6) is 0 Å². The molecule has 1 aromatic carbocycles. The topological polar surface area (TPSA) is 3.24 Å². The highest BCUT2D eigenvalue weighted by atomic mass is 79.9. The van der Waals surface area contributed by atoms with E-state index in [2.05, 4.69) is 73.9 Å². The Morgan fingerprint density at radius 2 is 1.80 bits per heavy atom. The molecule has 0 aliphatic heterocycles. The van der Waals surface area contributed by atoms with Crippen LogP contribution >= 0.6 is 15.9 Å². The van der Waals surface area contributed by atoms with Crippen molar-refractivity contribution in [2.45, 2.75) is 31.6 Å². The summed E-state index contributed by atoms with van der Waals surface area (Å²) in [7, 11) is 4.17. The van der Waals surface area contributed by atoms with Gasteiger partial charge in [-0.05, 0) is 43.6 Å². The molecule has 0 aliphatic rings. The van der Waals surface area contributed by atoms with Crippen LogP contribution in [0.2, 0.25) is 0 Å². The maximum Gasteiger partial charge on any atom is 0.0909 e. The van der Waals surface area contributed by atoms with Crippen LogP contribution in [0.25, 0.3) is 0 Å². The number of hydrogen-bond donors (Lipinski definition) is 0. The van der Waals surface area contributed by atoms with E-state index in [1.165, 1.54) is 16.7 Å². The Labute approximate surface area is 102 Å². The van der Waals surface area contributed by atoms with Gasteiger partial charge in [-0.3, -0.25) is 4.90 Å². The van der Waals surface area contributed by atoms with Crippen molar-refractivity contribution >= 4 is 15.9 Å². The minimum Gasteiger partial charge on any atom is -0.293 e. The summed E-state index contributed by atoms with van der Waals surface area (Å²) in [6.07, 6.45) is 0. The first-order valence-electron chi connectivity index (χ1n) is 5.34. The molecule has 0 amide bonds. The lowest BCUT2D eigenvalue weighted by Gasteiger charge is -2.21. The van der Waals surface area contributed by atoms with E-state index in [1.807, 2.05) is 0 Å². The second kappa shape index (κ2) is 5.13. The van der Waals surface area contributed by atoms with Crippen molar-refractivity contribution in [1.29, 1.82) is 0 Å². The van der Waals surface area contributed by atoms with Crippen LogP contribution in [-0.2, 0) is 0 Å². The summed E-state index contributed by atoms with van der Waals surface area (Å²) in [5.74, 6) is 0.589. The van der Waals surface area contributed by atoms with E-state index in [9.17, 15) is 0 Å². The number of alkyl halides is 1. The number of nitrogens with zero attached hydrogens (tertiary/aromatic N) is 1. The largest absolute Gasteiger partial charge is 0.293 e. The zero-order chi connectivity index (χ0) is 11.6. The Balaban J connectivity index is 3.10. The van der Waals surface area contributed by atoms with E-state index in [0.717, 1.165) is 0 Å². The summed E-state index contributed by atoms with van der Waals surface area (Å²) >= 11 is 3.71. The molecular weight excluding hydrogens is 250 g/mol. The fraction of sp³-hybridized carbons (Fsp3) is 0.538. The van der Waals surface area contributed by atoms with Crippen LogP contribution in [0.3, 0.4) is 0 Å². The maximum atomic E-state index is 3.71. The van der Waals surface area contributed by atoms with E-state index in [1.54, 1.807) is 0 Å². The van der Waals surface area contributed by atoms with Crippen LogP contribution in [0.15, 0.2) is 18.2 Å². The van der Waals surface area contributed by atoms with Crippen LogP contribution in [0.1, 0.15) is 41.4 Å². The van der Waals surface area contributed by atoms with Crippen LogP contribution in [0, 0.1) is 6.92 Å². The lowest BCUT2D eigenvalue weighted by Crippen LogP contribution is -2.15. The molecule has 2 heteroatoms. The third-order valence-corrected chi connectivity index (χ3v) is 3.99. The fourth-order valence-corrected chi connectivity index (χ4v) is 2.05. The van der Waals surface area contributed by atoms with Gasteiger partial charge in [-0.25, -0.2) is 0 Å². The van der Waals surface area contributed by atoms with Gasteiger partial charge in [-0.15, -0.1) is 0 Å². The lowest BCUT2D eigenvalue weighted by molar-refractivity contribution is 0.397. The van der Waals surface area contributed by atoms with Crippen LogP contribution in [-0.4, -0.2) is 19.0 Å². The molecule has 1 rings (SSSR count). The Morgan fingerprint density at radius 3 is 2.27 bits per heavy atom. The molecule has 1 nitrogen and oxygen atoms in total. The van der Waals surface area contributed by atoms with Crippen molar-refractivity contribution in [2.75, 3.05) is 14.1 Å². The summed E-state index contributed by atoms with van der Waals surface area (Å²) in [6.45, 7) is 6.62. The monoisotopic (exact) mass is 269 g/mol. The second-order valence-corrected chi connectivity index (χ2v) is 5.44. The standard InChI is InChI=1S/C13H20BrN/c1-9(2)11-7-6-10(3)12(8-11)13(14)15(4)5/h6-9,13H,1-5H3. The molecular formula is C13H20BrN. The van der Waals surface area contributed by atoms with Crippen molar-refractivity contribution < 1.29 is 0 Å².